The first-order valence-corrected chi connectivity index (χ1v) is 6.19. The molecule has 0 fully saturated rings. The Bertz CT molecular complexity index is 764. The molecule has 0 aliphatic rings. The molecule has 0 bridgehead atoms. The van der Waals surface area contributed by atoms with E-state index in [4.69, 9.17) is 11.0 Å². The fourth-order valence-corrected chi connectivity index (χ4v) is 2.08. The number of hydrogen-bond donors (Lipinski definition) is 1. The summed E-state index contributed by atoms with van der Waals surface area (Å²) in [7, 11) is 0. The maximum Gasteiger partial charge on any atom is 0.145 e. The number of nitrogens with zero attached hydrogens (tertiary/aromatic N) is 3. The summed E-state index contributed by atoms with van der Waals surface area (Å²) < 4.78 is 1.56. The molecule has 0 aliphatic heterocycles. The van der Waals surface area contributed by atoms with Gasteiger partial charge in [0.1, 0.15) is 17.5 Å². The van der Waals surface area contributed by atoms with Gasteiger partial charge in [0, 0.05) is 0 Å². The number of aromatic nitrogens is 2. The summed E-state index contributed by atoms with van der Waals surface area (Å²) in [6.45, 7) is 0. The zero-order valence-electron chi connectivity index (χ0n) is 10.7. The van der Waals surface area contributed by atoms with Gasteiger partial charge in [-0.05, 0) is 23.3 Å². The topological polar surface area (TPSA) is 67.6 Å². The third-order valence-corrected chi connectivity index (χ3v) is 3.15. The van der Waals surface area contributed by atoms with Gasteiger partial charge >= 0.3 is 0 Å². The van der Waals surface area contributed by atoms with Gasteiger partial charge in [0.15, 0.2) is 0 Å². The average molecular weight is 260 g/mol. The molecule has 96 valence electrons. The van der Waals surface area contributed by atoms with Crippen LogP contribution in [-0.2, 0) is 0 Å². The minimum atomic E-state index is 0.361. The van der Waals surface area contributed by atoms with Gasteiger partial charge in [0.05, 0.1) is 11.9 Å². The summed E-state index contributed by atoms with van der Waals surface area (Å²) in [6.07, 6.45) is 1.47. The lowest BCUT2D eigenvalue weighted by Crippen LogP contribution is -2.02. The molecule has 0 saturated carbocycles. The molecule has 20 heavy (non-hydrogen) atoms. The second kappa shape index (κ2) is 4.90. The molecule has 2 N–H and O–H groups in total. The van der Waals surface area contributed by atoms with Crippen molar-refractivity contribution in [2.24, 2.45) is 0 Å². The van der Waals surface area contributed by atoms with Gasteiger partial charge in [-0.3, -0.25) is 0 Å². The van der Waals surface area contributed by atoms with Crippen LogP contribution in [0.25, 0.3) is 16.8 Å². The van der Waals surface area contributed by atoms with E-state index in [2.05, 4.69) is 17.2 Å². The highest BCUT2D eigenvalue weighted by molar-refractivity contribution is 5.65. The van der Waals surface area contributed by atoms with Gasteiger partial charge in [-0.1, -0.05) is 42.5 Å². The van der Waals surface area contributed by atoms with Crippen LogP contribution in [-0.4, -0.2) is 9.78 Å². The lowest BCUT2D eigenvalue weighted by atomic mass is 10.1. The zero-order valence-corrected chi connectivity index (χ0v) is 10.7. The lowest BCUT2D eigenvalue weighted by molar-refractivity contribution is 0.891. The van der Waals surface area contributed by atoms with Crippen LogP contribution in [0.3, 0.4) is 0 Å². The highest BCUT2D eigenvalue weighted by Gasteiger charge is 2.08. The summed E-state index contributed by atoms with van der Waals surface area (Å²) in [5.74, 6) is 0.361. The van der Waals surface area contributed by atoms with E-state index in [1.807, 2.05) is 48.5 Å². The van der Waals surface area contributed by atoms with Gasteiger partial charge in [0.2, 0.25) is 0 Å². The number of hydrogen-bond acceptors (Lipinski definition) is 3. The molecule has 0 atom stereocenters. The Balaban J connectivity index is 1.98. The van der Waals surface area contributed by atoms with Crippen molar-refractivity contribution in [1.82, 2.24) is 9.78 Å². The molecular weight excluding hydrogens is 248 g/mol. The van der Waals surface area contributed by atoms with Crippen LogP contribution in [0.1, 0.15) is 5.56 Å². The van der Waals surface area contributed by atoms with Crippen molar-refractivity contribution >= 4 is 5.82 Å². The highest BCUT2D eigenvalue weighted by Crippen LogP contribution is 2.22. The minimum absolute atomic E-state index is 0.361. The van der Waals surface area contributed by atoms with Crippen molar-refractivity contribution < 1.29 is 0 Å². The Morgan fingerprint density at radius 1 is 0.950 bits per heavy atom. The Labute approximate surface area is 116 Å². The second-order valence-corrected chi connectivity index (χ2v) is 4.38. The quantitative estimate of drug-likeness (QED) is 0.770. The smallest absolute Gasteiger partial charge is 0.145 e. The van der Waals surface area contributed by atoms with Crippen molar-refractivity contribution in [3.05, 3.63) is 66.4 Å². The van der Waals surface area contributed by atoms with Crippen molar-refractivity contribution in [3.63, 3.8) is 0 Å². The Morgan fingerprint density at radius 3 is 2.20 bits per heavy atom. The molecule has 0 unspecified atom stereocenters. The maximum absolute atomic E-state index is 8.89. The maximum atomic E-state index is 8.89. The predicted octanol–water partition coefficient (Wildman–Crippen LogP) is 2.99. The van der Waals surface area contributed by atoms with E-state index in [-0.39, 0.29) is 0 Å². The van der Waals surface area contributed by atoms with Crippen LogP contribution in [0.2, 0.25) is 0 Å². The van der Waals surface area contributed by atoms with Crippen LogP contribution < -0.4 is 5.73 Å². The number of nitrogen functional groups attached to an aromatic ring is 1. The molecule has 4 heteroatoms. The third-order valence-electron chi connectivity index (χ3n) is 3.15. The lowest BCUT2D eigenvalue weighted by Gasteiger charge is -2.06. The van der Waals surface area contributed by atoms with E-state index >= 15 is 0 Å². The molecular formula is C16H12N4. The largest absolute Gasteiger partial charge is 0.382 e. The van der Waals surface area contributed by atoms with Crippen LogP contribution in [0.15, 0.2) is 60.8 Å². The van der Waals surface area contributed by atoms with Gasteiger partial charge in [-0.2, -0.15) is 10.4 Å². The number of benzene rings is 2. The zero-order chi connectivity index (χ0) is 13.9. The van der Waals surface area contributed by atoms with Gasteiger partial charge in [-0.15, -0.1) is 0 Å². The number of anilines is 1. The number of nitriles is 1. The van der Waals surface area contributed by atoms with E-state index in [1.54, 1.807) is 4.68 Å². The molecule has 0 spiro atoms. The molecule has 1 heterocycles. The van der Waals surface area contributed by atoms with Crippen molar-refractivity contribution in [1.29, 1.82) is 5.26 Å². The Morgan fingerprint density at radius 2 is 1.60 bits per heavy atom. The van der Waals surface area contributed by atoms with E-state index in [1.165, 1.54) is 6.20 Å². The first kappa shape index (κ1) is 12.0. The SMILES string of the molecule is N#Cc1cnn(-c2ccc(-c3ccccc3)cc2)c1N. The van der Waals surface area contributed by atoms with Crippen molar-refractivity contribution in [2.75, 3.05) is 5.73 Å². The summed E-state index contributed by atoms with van der Waals surface area (Å²) in [5.41, 5.74) is 9.38. The van der Waals surface area contributed by atoms with Gasteiger partial charge in [0.25, 0.3) is 0 Å². The molecule has 0 radical (unpaired) electrons. The predicted molar refractivity (Wildman–Crippen MR) is 78.1 cm³/mol. The molecule has 3 aromatic rings. The van der Waals surface area contributed by atoms with Crippen LogP contribution in [0.4, 0.5) is 5.82 Å². The summed E-state index contributed by atoms with van der Waals surface area (Å²) in [4.78, 5) is 0. The van der Waals surface area contributed by atoms with Crippen LogP contribution in [0.5, 0.6) is 0 Å². The molecule has 0 amide bonds. The second-order valence-electron chi connectivity index (χ2n) is 4.38. The van der Waals surface area contributed by atoms with Crippen LogP contribution in [0, 0.1) is 11.3 Å². The summed E-state index contributed by atoms with van der Waals surface area (Å²) in [5, 5.41) is 13.0. The van der Waals surface area contributed by atoms with Gasteiger partial charge < -0.3 is 5.73 Å². The first-order chi connectivity index (χ1) is 9.79. The number of nitrogens with two attached hydrogens (primary N) is 1. The molecule has 0 aliphatic carbocycles. The molecule has 2 aromatic carbocycles. The van der Waals surface area contributed by atoms with E-state index in [0.717, 1.165) is 16.8 Å². The first-order valence-electron chi connectivity index (χ1n) is 6.19. The fourth-order valence-electron chi connectivity index (χ4n) is 2.08. The molecule has 4 nitrogen and oxygen atoms in total. The molecule has 0 saturated heterocycles. The highest BCUT2D eigenvalue weighted by atomic mass is 15.3. The standard InChI is InChI=1S/C16H12N4/c17-10-14-11-19-20(16(14)18)15-8-6-13(7-9-15)12-4-2-1-3-5-12/h1-9,11H,18H2. The summed E-state index contributed by atoms with van der Waals surface area (Å²) >= 11 is 0. The Kier molecular flexibility index (Phi) is 2.94. The molecule has 3 rings (SSSR count). The normalized spacial score (nSPS) is 10.2. The fraction of sp³-hybridized carbons (Fsp3) is 0. The van der Waals surface area contributed by atoms with Crippen molar-refractivity contribution in [3.8, 4) is 22.9 Å². The summed E-state index contributed by atoms with van der Waals surface area (Å²) in [6, 6.07) is 20.0. The third kappa shape index (κ3) is 2.02. The minimum Gasteiger partial charge on any atom is -0.382 e. The van der Waals surface area contributed by atoms with Crippen LogP contribution >= 0.6 is 0 Å². The van der Waals surface area contributed by atoms with Crippen molar-refractivity contribution in [2.45, 2.75) is 0 Å². The molecule has 1 aromatic heterocycles. The van der Waals surface area contributed by atoms with E-state index < -0.39 is 0 Å². The van der Waals surface area contributed by atoms with E-state index in [0.29, 0.717) is 11.4 Å². The average Bonchev–Trinajstić information content (AvgIpc) is 2.89. The number of rotatable bonds is 2. The monoisotopic (exact) mass is 260 g/mol. The van der Waals surface area contributed by atoms with Gasteiger partial charge in [-0.25, -0.2) is 4.68 Å². The van der Waals surface area contributed by atoms with E-state index in [9.17, 15) is 0 Å². The Hall–Kier alpha value is -3.06.